The Morgan fingerprint density at radius 3 is 2.95 bits per heavy atom. The van der Waals surface area contributed by atoms with Gasteiger partial charge in [0.15, 0.2) is 5.13 Å². The van der Waals surface area contributed by atoms with Gasteiger partial charge in [-0.25, -0.2) is 4.98 Å². The molecule has 0 bridgehead atoms. The van der Waals surface area contributed by atoms with Crippen LogP contribution in [0.3, 0.4) is 0 Å². The number of hydrogen-bond acceptors (Lipinski definition) is 4. The molecule has 0 radical (unpaired) electrons. The number of anilines is 2. The largest absolute Gasteiger partial charge is 0.398 e. The molecule has 1 aliphatic carbocycles. The summed E-state index contributed by atoms with van der Waals surface area (Å²) in [5, 5.41) is 3.59. The zero-order chi connectivity index (χ0) is 14.1. The van der Waals surface area contributed by atoms with Gasteiger partial charge in [-0.1, -0.05) is 6.07 Å². The number of aromatic nitrogens is 1. The summed E-state index contributed by atoms with van der Waals surface area (Å²) in [5.41, 5.74) is 9.05. The van der Waals surface area contributed by atoms with Crippen LogP contribution in [-0.2, 0) is 12.8 Å². The van der Waals surface area contributed by atoms with Gasteiger partial charge in [-0.15, -0.1) is 11.3 Å². The predicted molar refractivity (Wildman–Crippen MR) is 82.3 cm³/mol. The molecule has 1 aromatic carbocycles. The molecule has 20 heavy (non-hydrogen) atoms. The molecular weight excluding hydrogens is 270 g/mol. The minimum atomic E-state index is -0.138. The fourth-order valence-electron chi connectivity index (χ4n) is 2.47. The lowest BCUT2D eigenvalue weighted by atomic mass is 10.0. The molecule has 0 saturated heterocycles. The van der Waals surface area contributed by atoms with Crippen molar-refractivity contribution >= 4 is 28.1 Å². The van der Waals surface area contributed by atoms with Gasteiger partial charge in [0.2, 0.25) is 0 Å². The Morgan fingerprint density at radius 2 is 2.15 bits per heavy atom. The third-order valence-corrected chi connectivity index (χ3v) is 4.76. The van der Waals surface area contributed by atoms with Gasteiger partial charge in [-0.05, 0) is 50.3 Å². The van der Waals surface area contributed by atoms with Crippen LogP contribution in [0, 0.1) is 6.92 Å². The lowest BCUT2D eigenvalue weighted by Crippen LogP contribution is -2.14. The number of carbonyl (C=O) groups is 1. The number of nitrogens with zero attached hydrogens (tertiary/aromatic N) is 1. The molecule has 5 heteroatoms. The molecule has 0 spiro atoms. The average molecular weight is 287 g/mol. The Morgan fingerprint density at radius 1 is 1.35 bits per heavy atom. The molecule has 1 aliphatic rings. The van der Waals surface area contributed by atoms with Gasteiger partial charge in [0.05, 0.1) is 5.69 Å². The molecule has 1 heterocycles. The van der Waals surface area contributed by atoms with E-state index in [9.17, 15) is 4.79 Å². The Kier molecular flexibility index (Phi) is 3.44. The van der Waals surface area contributed by atoms with Crippen LogP contribution in [-0.4, -0.2) is 10.9 Å². The number of aryl methyl sites for hydroxylation is 2. The van der Waals surface area contributed by atoms with E-state index in [1.165, 1.54) is 17.7 Å². The van der Waals surface area contributed by atoms with Crippen LogP contribution in [0.15, 0.2) is 18.2 Å². The van der Waals surface area contributed by atoms with Crippen molar-refractivity contribution in [2.75, 3.05) is 11.1 Å². The lowest BCUT2D eigenvalue weighted by molar-refractivity contribution is 0.102. The number of fused-ring (bicyclic) bond motifs is 1. The SMILES string of the molecule is Cc1c(N)cccc1C(=O)Nc1nc2c(s1)CCCC2. The summed E-state index contributed by atoms with van der Waals surface area (Å²) in [6, 6.07) is 5.38. The summed E-state index contributed by atoms with van der Waals surface area (Å²) in [6.45, 7) is 1.86. The number of rotatable bonds is 2. The van der Waals surface area contributed by atoms with Gasteiger partial charge in [0.25, 0.3) is 5.91 Å². The fraction of sp³-hybridized carbons (Fsp3) is 0.333. The van der Waals surface area contributed by atoms with Crippen molar-refractivity contribution in [3.8, 4) is 0 Å². The molecule has 0 atom stereocenters. The first-order chi connectivity index (χ1) is 9.65. The maximum Gasteiger partial charge on any atom is 0.257 e. The van der Waals surface area contributed by atoms with Gasteiger partial charge >= 0.3 is 0 Å². The first-order valence-corrected chi connectivity index (χ1v) is 7.62. The summed E-state index contributed by atoms with van der Waals surface area (Å²) >= 11 is 1.59. The molecule has 1 aromatic heterocycles. The molecule has 0 unspecified atom stereocenters. The van der Waals surface area contributed by atoms with E-state index in [4.69, 9.17) is 5.73 Å². The number of hydrogen-bond donors (Lipinski definition) is 2. The van der Waals surface area contributed by atoms with Crippen molar-refractivity contribution in [1.82, 2.24) is 4.98 Å². The van der Waals surface area contributed by atoms with E-state index in [1.807, 2.05) is 6.92 Å². The number of amides is 1. The van der Waals surface area contributed by atoms with Crippen molar-refractivity contribution in [2.45, 2.75) is 32.6 Å². The minimum absolute atomic E-state index is 0.138. The van der Waals surface area contributed by atoms with Gasteiger partial charge in [-0.2, -0.15) is 0 Å². The molecular formula is C15H17N3OS. The van der Waals surface area contributed by atoms with Crippen LogP contribution in [0.2, 0.25) is 0 Å². The van der Waals surface area contributed by atoms with E-state index >= 15 is 0 Å². The highest BCUT2D eigenvalue weighted by Gasteiger charge is 2.17. The maximum atomic E-state index is 12.3. The molecule has 104 valence electrons. The second-order valence-electron chi connectivity index (χ2n) is 5.07. The predicted octanol–water partition coefficient (Wildman–Crippen LogP) is 3.16. The van der Waals surface area contributed by atoms with Crippen molar-refractivity contribution in [3.05, 3.63) is 39.9 Å². The maximum absolute atomic E-state index is 12.3. The molecule has 4 nitrogen and oxygen atoms in total. The van der Waals surface area contributed by atoms with E-state index in [0.29, 0.717) is 16.4 Å². The number of nitrogens with two attached hydrogens (primary N) is 1. The van der Waals surface area contributed by atoms with E-state index in [-0.39, 0.29) is 5.91 Å². The van der Waals surface area contributed by atoms with E-state index < -0.39 is 0 Å². The van der Waals surface area contributed by atoms with Crippen LogP contribution >= 0.6 is 11.3 Å². The number of nitrogens with one attached hydrogen (secondary N) is 1. The Labute approximate surface area is 122 Å². The van der Waals surface area contributed by atoms with E-state index in [0.717, 1.165) is 24.1 Å². The fourth-order valence-corrected chi connectivity index (χ4v) is 3.51. The molecule has 3 N–H and O–H groups in total. The summed E-state index contributed by atoms with van der Waals surface area (Å²) in [7, 11) is 0. The van der Waals surface area contributed by atoms with Crippen molar-refractivity contribution in [1.29, 1.82) is 0 Å². The van der Waals surface area contributed by atoms with Gasteiger partial charge < -0.3 is 5.73 Å². The highest BCUT2D eigenvalue weighted by molar-refractivity contribution is 7.15. The highest BCUT2D eigenvalue weighted by Crippen LogP contribution is 2.30. The smallest absolute Gasteiger partial charge is 0.257 e. The van der Waals surface area contributed by atoms with Crippen LogP contribution in [0.4, 0.5) is 10.8 Å². The summed E-state index contributed by atoms with van der Waals surface area (Å²) in [6.07, 6.45) is 4.52. The molecule has 1 amide bonds. The van der Waals surface area contributed by atoms with Crippen LogP contribution in [0.5, 0.6) is 0 Å². The Bertz CT molecular complexity index is 640. The first-order valence-electron chi connectivity index (χ1n) is 6.80. The molecule has 3 rings (SSSR count). The summed E-state index contributed by atoms with van der Waals surface area (Å²) < 4.78 is 0. The monoisotopic (exact) mass is 287 g/mol. The van der Waals surface area contributed by atoms with Crippen LogP contribution < -0.4 is 11.1 Å². The standard InChI is InChI=1S/C15H17N3OS/c1-9-10(5-4-6-11(9)16)14(19)18-15-17-12-7-2-3-8-13(12)20-15/h4-6H,2-3,7-8,16H2,1H3,(H,17,18,19). The quantitative estimate of drug-likeness (QED) is 0.834. The van der Waals surface area contributed by atoms with Crippen molar-refractivity contribution < 1.29 is 4.79 Å². The summed E-state index contributed by atoms with van der Waals surface area (Å²) in [4.78, 5) is 18.1. The summed E-state index contributed by atoms with van der Waals surface area (Å²) in [5.74, 6) is -0.138. The number of carbonyl (C=O) groups excluding carboxylic acids is 1. The van der Waals surface area contributed by atoms with Gasteiger partial charge in [0, 0.05) is 16.1 Å². The second-order valence-corrected chi connectivity index (χ2v) is 6.15. The zero-order valence-corrected chi connectivity index (χ0v) is 12.2. The van der Waals surface area contributed by atoms with Crippen LogP contribution in [0.1, 0.15) is 39.3 Å². The van der Waals surface area contributed by atoms with Crippen LogP contribution in [0.25, 0.3) is 0 Å². The normalized spacial score (nSPS) is 13.8. The molecule has 0 aliphatic heterocycles. The zero-order valence-electron chi connectivity index (χ0n) is 11.4. The Hall–Kier alpha value is -1.88. The lowest BCUT2D eigenvalue weighted by Gasteiger charge is -2.07. The van der Waals surface area contributed by atoms with Gasteiger partial charge in [-0.3, -0.25) is 10.1 Å². The van der Waals surface area contributed by atoms with Gasteiger partial charge in [0.1, 0.15) is 0 Å². The Balaban J connectivity index is 1.82. The average Bonchev–Trinajstić information content (AvgIpc) is 2.83. The third-order valence-electron chi connectivity index (χ3n) is 3.69. The topological polar surface area (TPSA) is 68.0 Å². The second kappa shape index (κ2) is 5.25. The highest BCUT2D eigenvalue weighted by atomic mass is 32.1. The van der Waals surface area contributed by atoms with E-state index in [1.54, 1.807) is 29.5 Å². The van der Waals surface area contributed by atoms with Crippen molar-refractivity contribution in [3.63, 3.8) is 0 Å². The van der Waals surface area contributed by atoms with Crippen molar-refractivity contribution in [2.24, 2.45) is 0 Å². The number of benzene rings is 1. The number of thiazole rings is 1. The molecule has 2 aromatic rings. The first kappa shape index (κ1) is 13.1. The molecule has 0 fully saturated rings. The third kappa shape index (κ3) is 2.41. The number of nitrogen functional groups attached to an aromatic ring is 1. The minimum Gasteiger partial charge on any atom is -0.398 e. The van der Waals surface area contributed by atoms with E-state index in [2.05, 4.69) is 10.3 Å². The molecule has 0 saturated carbocycles.